The minimum atomic E-state index is 0.736. The van der Waals surface area contributed by atoms with Crippen molar-refractivity contribution in [1.82, 2.24) is 0 Å². The highest BCUT2D eigenvalue weighted by atomic mass is 14.5. The summed E-state index contributed by atoms with van der Waals surface area (Å²) in [6, 6.07) is 0. The minimum Gasteiger partial charge on any atom is -0.0654 e. The number of hydrogen-bond acceptors (Lipinski definition) is 0. The third-order valence-electron chi connectivity index (χ3n) is 11.1. The van der Waals surface area contributed by atoms with Crippen LogP contribution >= 0.6 is 0 Å². The highest BCUT2D eigenvalue weighted by molar-refractivity contribution is 4.92. The van der Waals surface area contributed by atoms with Crippen LogP contribution in [0.2, 0.25) is 0 Å². The molecule has 0 aliphatic heterocycles. The van der Waals surface area contributed by atoms with Crippen LogP contribution < -0.4 is 0 Å². The van der Waals surface area contributed by atoms with E-state index in [1.807, 2.05) is 0 Å². The lowest BCUT2D eigenvalue weighted by molar-refractivity contribution is 0.141. The van der Waals surface area contributed by atoms with Crippen molar-refractivity contribution in [2.24, 2.45) is 11.3 Å². The van der Waals surface area contributed by atoms with Crippen molar-refractivity contribution in [2.75, 3.05) is 0 Å². The van der Waals surface area contributed by atoms with Crippen LogP contribution in [0.4, 0.5) is 0 Å². The molecular formula is C41H82. The predicted octanol–water partition coefficient (Wildman–Crippen LogP) is 15.7. The maximum atomic E-state index is 2.33. The Kier molecular flexibility index (Phi) is 28.6. The number of rotatable bonds is 33. The zero-order valence-electron chi connectivity index (χ0n) is 29.5. The number of unbranched alkanes of at least 4 members (excludes halogenated alkanes) is 27. The van der Waals surface area contributed by atoms with Crippen molar-refractivity contribution in [3.63, 3.8) is 0 Å². The molecular weight excluding hydrogens is 492 g/mol. The van der Waals surface area contributed by atoms with Gasteiger partial charge >= 0.3 is 0 Å². The lowest BCUT2D eigenvalue weighted by Gasteiger charge is -2.37. The van der Waals surface area contributed by atoms with E-state index in [1.54, 1.807) is 32.1 Å². The SMILES string of the molecule is CCCCCCCCCCCCC1CCCC1(CCCCCCCCCCCC)CCCCCCCCCCCC. The molecule has 0 bridgehead atoms. The van der Waals surface area contributed by atoms with E-state index in [9.17, 15) is 0 Å². The Morgan fingerprint density at radius 3 is 1.00 bits per heavy atom. The Labute approximate surface area is 262 Å². The number of hydrogen-bond donors (Lipinski definition) is 0. The molecule has 0 radical (unpaired) electrons. The van der Waals surface area contributed by atoms with Gasteiger partial charge in [-0.25, -0.2) is 0 Å². The maximum absolute atomic E-state index is 2.33. The Morgan fingerprint density at radius 2 is 0.659 bits per heavy atom. The first-order valence-corrected chi connectivity index (χ1v) is 20.3. The van der Waals surface area contributed by atoms with Gasteiger partial charge in [-0.2, -0.15) is 0 Å². The molecule has 0 amide bonds. The molecule has 1 rings (SSSR count). The average Bonchev–Trinajstić information content (AvgIpc) is 3.38. The third-order valence-corrected chi connectivity index (χ3v) is 11.1. The fourth-order valence-corrected chi connectivity index (χ4v) is 8.25. The summed E-state index contributed by atoms with van der Waals surface area (Å²) in [4.78, 5) is 0. The molecule has 1 atom stereocenters. The van der Waals surface area contributed by atoms with Crippen molar-refractivity contribution in [1.29, 1.82) is 0 Å². The fourth-order valence-electron chi connectivity index (χ4n) is 8.25. The van der Waals surface area contributed by atoms with Gasteiger partial charge in [-0.05, 0) is 43.4 Å². The van der Waals surface area contributed by atoms with E-state index in [0.717, 1.165) is 11.3 Å². The highest BCUT2D eigenvalue weighted by Crippen LogP contribution is 2.52. The van der Waals surface area contributed by atoms with Crippen LogP contribution in [0.25, 0.3) is 0 Å². The molecule has 1 unspecified atom stereocenters. The molecule has 1 aliphatic carbocycles. The second kappa shape index (κ2) is 30.0. The first-order valence-electron chi connectivity index (χ1n) is 20.3. The maximum Gasteiger partial charge on any atom is -0.0269 e. The van der Waals surface area contributed by atoms with Crippen LogP contribution in [-0.2, 0) is 0 Å². The molecule has 0 heterocycles. The average molecular weight is 575 g/mol. The van der Waals surface area contributed by atoms with Crippen molar-refractivity contribution >= 4 is 0 Å². The van der Waals surface area contributed by atoms with Crippen LogP contribution in [0.15, 0.2) is 0 Å². The second-order valence-electron chi connectivity index (χ2n) is 14.8. The van der Waals surface area contributed by atoms with Crippen LogP contribution in [0.5, 0.6) is 0 Å². The minimum absolute atomic E-state index is 0.736. The zero-order valence-corrected chi connectivity index (χ0v) is 29.5. The normalized spacial score (nSPS) is 16.6. The van der Waals surface area contributed by atoms with Gasteiger partial charge in [0.1, 0.15) is 0 Å². The second-order valence-corrected chi connectivity index (χ2v) is 14.8. The third kappa shape index (κ3) is 22.2. The molecule has 0 nitrogen and oxygen atoms in total. The summed E-state index contributed by atoms with van der Waals surface area (Å²) in [5.74, 6) is 1.06. The van der Waals surface area contributed by atoms with Gasteiger partial charge in [0.2, 0.25) is 0 Å². The lowest BCUT2D eigenvalue weighted by atomic mass is 9.68. The van der Waals surface area contributed by atoms with Gasteiger partial charge in [0, 0.05) is 0 Å². The fraction of sp³-hybridized carbons (Fsp3) is 1.00. The van der Waals surface area contributed by atoms with Gasteiger partial charge < -0.3 is 0 Å². The van der Waals surface area contributed by atoms with Crippen molar-refractivity contribution in [2.45, 2.75) is 252 Å². The quantitative estimate of drug-likeness (QED) is 0.0684. The van der Waals surface area contributed by atoms with Crippen LogP contribution in [0.1, 0.15) is 252 Å². The standard InChI is InChI=1S/C41H82/c1-4-7-10-13-16-19-22-25-28-31-35-40-36-34-39-41(40,37-32-29-26-23-20-17-14-11-8-5-2)38-33-30-27-24-21-18-15-12-9-6-3/h40H,4-39H2,1-3H3. The van der Waals surface area contributed by atoms with Crippen molar-refractivity contribution in [3.05, 3.63) is 0 Å². The Morgan fingerprint density at radius 1 is 0.366 bits per heavy atom. The van der Waals surface area contributed by atoms with E-state index in [4.69, 9.17) is 0 Å². The summed E-state index contributed by atoms with van der Waals surface area (Å²) in [5, 5.41) is 0. The molecule has 1 saturated carbocycles. The Hall–Kier alpha value is 0. The topological polar surface area (TPSA) is 0 Å². The molecule has 0 N–H and O–H groups in total. The molecule has 41 heavy (non-hydrogen) atoms. The van der Waals surface area contributed by atoms with E-state index in [-0.39, 0.29) is 0 Å². The van der Waals surface area contributed by atoms with Crippen LogP contribution in [-0.4, -0.2) is 0 Å². The Balaban J connectivity index is 2.32. The molecule has 1 fully saturated rings. The molecule has 1 aliphatic rings. The lowest BCUT2D eigenvalue weighted by Crippen LogP contribution is -2.26. The van der Waals surface area contributed by atoms with Crippen LogP contribution in [0, 0.1) is 11.3 Å². The predicted molar refractivity (Wildman–Crippen MR) is 189 cm³/mol. The molecule has 0 aromatic rings. The first-order chi connectivity index (χ1) is 20.3. The van der Waals surface area contributed by atoms with E-state index >= 15 is 0 Å². The van der Waals surface area contributed by atoms with E-state index in [1.165, 1.54) is 199 Å². The summed E-state index contributed by atoms with van der Waals surface area (Å²) in [6.07, 6.45) is 53.8. The highest BCUT2D eigenvalue weighted by Gasteiger charge is 2.40. The molecule has 0 spiro atoms. The summed E-state index contributed by atoms with van der Waals surface area (Å²) in [5.41, 5.74) is 0.736. The summed E-state index contributed by atoms with van der Waals surface area (Å²) in [7, 11) is 0. The smallest absolute Gasteiger partial charge is 0.0269 e. The van der Waals surface area contributed by atoms with Gasteiger partial charge in [-0.1, -0.05) is 220 Å². The van der Waals surface area contributed by atoms with E-state index < -0.39 is 0 Å². The van der Waals surface area contributed by atoms with Gasteiger partial charge in [0.05, 0.1) is 0 Å². The van der Waals surface area contributed by atoms with Gasteiger partial charge in [-0.15, -0.1) is 0 Å². The summed E-state index contributed by atoms with van der Waals surface area (Å²) in [6.45, 7) is 6.98. The van der Waals surface area contributed by atoms with Crippen LogP contribution in [0.3, 0.4) is 0 Å². The monoisotopic (exact) mass is 575 g/mol. The summed E-state index contributed by atoms with van der Waals surface area (Å²) >= 11 is 0. The van der Waals surface area contributed by atoms with E-state index in [2.05, 4.69) is 20.8 Å². The Bertz CT molecular complexity index is 468. The largest absolute Gasteiger partial charge is 0.0654 e. The van der Waals surface area contributed by atoms with Gasteiger partial charge in [0.15, 0.2) is 0 Å². The molecule has 0 saturated heterocycles. The van der Waals surface area contributed by atoms with E-state index in [0.29, 0.717) is 0 Å². The molecule has 0 heteroatoms. The first kappa shape index (κ1) is 39.0. The molecule has 0 aromatic carbocycles. The van der Waals surface area contributed by atoms with Gasteiger partial charge in [0.25, 0.3) is 0 Å². The van der Waals surface area contributed by atoms with Gasteiger partial charge in [-0.3, -0.25) is 0 Å². The zero-order chi connectivity index (χ0) is 29.5. The summed E-state index contributed by atoms with van der Waals surface area (Å²) < 4.78 is 0. The molecule has 0 aromatic heterocycles. The van der Waals surface area contributed by atoms with Crippen molar-refractivity contribution < 1.29 is 0 Å². The van der Waals surface area contributed by atoms with Crippen molar-refractivity contribution in [3.8, 4) is 0 Å². The molecule has 246 valence electrons.